The van der Waals surface area contributed by atoms with Crippen LogP contribution in [0.2, 0.25) is 0 Å². The number of rotatable bonds is 5. The Bertz CT molecular complexity index is 443. The molecule has 2 heteroatoms. The molecular weight excluding hydrogens is 256 g/mol. The Morgan fingerprint density at radius 2 is 1.95 bits per heavy atom. The van der Waals surface area contributed by atoms with E-state index in [1.165, 1.54) is 57.4 Å². The fourth-order valence-electron chi connectivity index (χ4n) is 3.82. The van der Waals surface area contributed by atoms with Gasteiger partial charge in [0, 0.05) is 6.04 Å². The van der Waals surface area contributed by atoms with Gasteiger partial charge in [0.1, 0.15) is 0 Å². The molecule has 2 nitrogen and oxygen atoms in total. The maximum absolute atomic E-state index is 3.82. The van der Waals surface area contributed by atoms with Crippen LogP contribution in [-0.4, -0.2) is 37.1 Å². The first-order valence-electron chi connectivity index (χ1n) is 8.77. The van der Waals surface area contributed by atoms with E-state index in [4.69, 9.17) is 0 Å². The number of piperidine rings is 1. The van der Waals surface area contributed by atoms with Gasteiger partial charge in [-0.1, -0.05) is 36.8 Å². The largest absolute Gasteiger partial charge is 0.314 e. The lowest BCUT2D eigenvalue weighted by Gasteiger charge is -2.38. The van der Waals surface area contributed by atoms with Crippen molar-refractivity contribution in [1.82, 2.24) is 10.2 Å². The number of likely N-dealkylation sites (tertiary alicyclic amines) is 1. The molecule has 0 aromatic heterocycles. The summed E-state index contributed by atoms with van der Waals surface area (Å²) in [5.74, 6) is 1.70. The third-order valence-electron chi connectivity index (χ3n) is 5.50. The van der Waals surface area contributed by atoms with Gasteiger partial charge in [-0.2, -0.15) is 0 Å². The van der Waals surface area contributed by atoms with Crippen LogP contribution in [0.5, 0.6) is 0 Å². The summed E-state index contributed by atoms with van der Waals surface area (Å²) in [5, 5.41) is 3.82. The molecule has 0 bridgehead atoms. The minimum Gasteiger partial charge on any atom is -0.314 e. The lowest BCUT2D eigenvalue weighted by Crippen LogP contribution is -2.44. The Morgan fingerprint density at radius 1 is 1.19 bits per heavy atom. The number of nitrogens with zero attached hydrogens (tertiary/aromatic N) is 1. The van der Waals surface area contributed by atoms with Gasteiger partial charge in [0.15, 0.2) is 0 Å². The molecule has 1 heterocycles. The number of benzene rings is 1. The quantitative estimate of drug-likeness (QED) is 0.890. The summed E-state index contributed by atoms with van der Waals surface area (Å²) in [6.07, 6.45) is 5.43. The predicted molar refractivity (Wildman–Crippen MR) is 89.8 cm³/mol. The minimum absolute atomic E-state index is 0.764. The lowest BCUT2D eigenvalue weighted by molar-refractivity contribution is 0.179. The van der Waals surface area contributed by atoms with Gasteiger partial charge in [-0.15, -0.1) is 0 Å². The van der Waals surface area contributed by atoms with Gasteiger partial charge in [-0.3, -0.25) is 0 Å². The fourth-order valence-corrected chi connectivity index (χ4v) is 3.82. The van der Waals surface area contributed by atoms with Gasteiger partial charge < -0.3 is 10.2 Å². The zero-order chi connectivity index (χ0) is 14.7. The molecule has 1 aromatic carbocycles. The summed E-state index contributed by atoms with van der Waals surface area (Å²) in [4.78, 5) is 2.58. The van der Waals surface area contributed by atoms with Crippen molar-refractivity contribution >= 4 is 0 Å². The number of hydrogen-bond acceptors (Lipinski definition) is 2. The molecule has 0 amide bonds. The molecule has 1 aliphatic heterocycles. The second kappa shape index (κ2) is 6.93. The molecule has 21 heavy (non-hydrogen) atoms. The van der Waals surface area contributed by atoms with Crippen molar-refractivity contribution in [1.29, 1.82) is 0 Å². The Balaban J connectivity index is 1.36. The van der Waals surface area contributed by atoms with Crippen LogP contribution in [0.4, 0.5) is 0 Å². The molecule has 0 spiro atoms. The standard InChI is InChI=1S/C19H30N2/c1-3-21-9-7-16(8-10-21)14-20-19-12-18(13-19)17-6-4-5-15(2)11-17/h4-6,11,16,18-20H,3,7-10,12-14H2,1-2H3. The molecule has 0 radical (unpaired) electrons. The van der Waals surface area contributed by atoms with Gasteiger partial charge in [0.2, 0.25) is 0 Å². The number of aryl methyl sites for hydroxylation is 1. The smallest absolute Gasteiger partial charge is 0.00788 e. The lowest BCUT2D eigenvalue weighted by atomic mass is 9.75. The topological polar surface area (TPSA) is 15.3 Å². The molecule has 3 rings (SSSR count). The van der Waals surface area contributed by atoms with Crippen LogP contribution in [0.25, 0.3) is 0 Å². The van der Waals surface area contributed by atoms with Crippen molar-refractivity contribution in [2.45, 2.75) is 51.5 Å². The van der Waals surface area contributed by atoms with Crippen LogP contribution in [-0.2, 0) is 0 Å². The Kier molecular flexibility index (Phi) is 4.97. The monoisotopic (exact) mass is 286 g/mol. The summed E-state index contributed by atoms with van der Waals surface area (Å²) >= 11 is 0. The summed E-state index contributed by atoms with van der Waals surface area (Å²) < 4.78 is 0. The third-order valence-corrected chi connectivity index (χ3v) is 5.50. The highest BCUT2D eigenvalue weighted by Gasteiger charge is 2.30. The second-order valence-electron chi connectivity index (χ2n) is 7.07. The maximum atomic E-state index is 3.82. The SMILES string of the molecule is CCN1CCC(CNC2CC(c3cccc(C)c3)C2)CC1. The van der Waals surface area contributed by atoms with E-state index in [9.17, 15) is 0 Å². The van der Waals surface area contributed by atoms with Gasteiger partial charge in [0.25, 0.3) is 0 Å². The minimum atomic E-state index is 0.764. The van der Waals surface area contributed by atoms with Gasteiger partial charge in [-0.05, 0) is 76.2 Å². The summed E-state index contributed by atoms with van der Waals surface area (Å²) in [6.45, 7) is 9.54. The molecule has 1 N–H and O–H groups in total. The first kappa shape index (κ1) is 15.1. The molecule has 1 aromatic rings. The van der Waals surface area contributed by atoms with Gasteiger partial charge in [-0.25, -0.2) is 0 Å². The molecule has 1 saturated carbocycles. The van der Waals surface area contributed by atoms with E-state index in [-0.39, 0.29) is 0 Å². The highest BCUT2D eigenvalue weighted by Crippen LogP contribution is 2.37. The van der Waals surface area contributed by atoms with E-state index in [0.29, 0.717) is 0 Å². The highest BCUT2D eigenvalue weighted by molar-refractivity contribution is 5.27. The van der Waals surface area contributed by atoms with Crippen molar-refractivity contribution in [3.05, 3.63) is 35.4 Å². The maximum Gasteiger partial charge on any atom is 0.00788 e. The molecule has 0 atom stereocenters. The van der Waals surface area contributed by atoms with Crippen molar-refractivity contribution in [2.24, 2.45) is 5.92 Å². The van der Waals surface area contributed by atoms with E-state index in [0.717, 1.165) is 17.9 Å². The molecule has 116 valence electrons. The molecule has 1 saturated heterocycles. The third kappa shape index (κ3) is 3.87. The zero-order valence-corrected chi connectivity index (χ0v) is 13.6. The average molecular weight is 286 g/mol. The van der Waals surface area contributed by atoms with Crippen molar-refractivity contribution in [3.8, 4) is 0 Å². The first-order valence-corrected chi connectivity index (χ1v) is 8.77. The summed E-state index contributed by atoms with van der Waals surface area (Å²) in [7, 11) is 0. The Hall–Kier alpha value is -0.860. The van der Waals surface area contributed by atoms with Crippen LogP contribution in [0, 0.1) is 12.8 Å². The van der Waals surface area contributed by atoms with Crippen LogP contribution >= 0.6 is 0 Å². The van der Waals surface area contributed by atoms with Crippen LogP contribution in [0.1, 0.15) is 49.7 Å². The Labute approximate surface area is 129 Å². The van der Waals surface area contributed by atoms with E-state index in [1.54, 1.807) is 5.56 Å². The van der Waals surface area contributed by atoms with Gasteiger partial charge >= 0.3 is 0 Å². The van der Waals surface area contributed by atoms with E-state index in [1.807, 2.05) is 0 Å². The molecule has 1 aliphatic carbocycles. The molecular formula is C19H30N2. The molecule has 2 fully saturated rings. The predicted octanol–water partition coefficient (Wildman–Crippen LogP) is 3.56. The van der Waals surface area contributed by atoms with Crippen LogP contribution in [0.3, 0.4) is 0 Å². The van der Waals surface area contributed by atoms with Crippen LogP contribution in [0.15, 0.2) is 24.3 Å². The Morgan fingerprint density at radius 3 is 2.62 bits per heavy atom. The summed E-state index contributed by atoms with van der Waals surface area (Å²) in [6, 6.07) is 9.82. The van der Waals surface area contributed by atoms with E-state index >= 15 is 0 Å². The van der Waals surface area contributed by atoms with Crippen LogP contribution < -0.4 is 5.32 Å². The van der Waals surface area contributed by atoms with Crippen molar-refractivity contribution in [2.75, 3.05) is 26.2 Å². The van der Waals surface area contributed by atoms with E-state index in [2.05, 4.69) is 48.3 Å². The molecule has 2 aliphatic rings. The second-order valence-corrected chi connectivity index (χ2v) is 7.07. The van der Waals surface area contributed by atoms with Gasteiger partial charge in [0.05, 0.1) is 0 Å². The summed E-state index contributed by atoms with van der Waals surface area (Å²) in [5.41, 5.74) is 2.94. The van der Waals surface area contributed by atoms with Crippen molar-refractivity contribution in [3.63, 3.8) is 0 Å². The average Bonchev–Trinajstić information content (AvgIpc) is 2.46. The fraction of sp³-hybridized carbons (Fsp3) is 0.684. The number of hydrogen-bond donors (Lipinski definition) is 1. The highest BCUT2D eigenvalue weighted by atomic mass is 15.1. The number of nitrogens with one attached hydrogen (secondary N) is 1. The van der Waals surface area contributed by atoms with E-state index < -0.39 is 0 Å². The molecule has 0 unspecified atom stereocenters. The zero-order valence-electron chi connectivity index (χ0n) is 13.6. The normalized spacial score (nSPS) is 27.5. The van der Waals surface area contributed by atoms with Crippen molar-refractivity contribution < 1.29 is 0 Å². The first-order chi connectivity index (χ1) is 10.2.